The number of benzene rings is 1. The number of halogens is 1. The number of nitrogens with one attached hydrogen (secondary N) is 1. The molecule has 2 saturated carbocycles. The fourth-order valence-corrected chi connectivity index (χ4v) is 4.20. The Balaban J connectivity index is 1.63. The second-order valence-electron chi connectivity index (χ2n) is 6.03. The van der Waals surface area contributed by atoms with Crippen LogP contribution in [0.1, 0.15) is 31.2 Å². The first-order chi connectivity index (χ1) is 9.26. The fraction of sp³-hybridized carbons (Fsp3) is 0.625. The molecule has 19 heavy (non-hydrogen) atoms. The zero-order valence-corrected chi connectivity index (χ0v) is 13.1. The van der Waals surface area contributed by atoms with Gasteiger partial charge in [0.05, 0.1) is 6.61 Å². The molecule has 0 aliphatic heterocycles. The first-order valence-corrected chi connectivity index (χ1v) is 8.11. The molecule has 2 nitrogen and oxygen atoms in total. The van der Waals surface area contributed by atoms with Gasteiger partial charge in [0.25, 0.3) is 0 Å². The average Bonchev–Trinajstić information content (AvgIpc) is 3.00. The molecule has 0 spiro atoms. The van der Waals surface area contributed by atoms with Crippen LogP contribution in [0.5, 0.6) is 5.75 Å². The van der Waals surface area contributed by atoms with E-state index in [0.717, 1.165) is 41.1 Å². The van der Waals surface area contributed by atoms with Crippen LogP contribution in [0, 0.1) is 17.8 Å². The Labute approximate surface area is 124 Å². The van der Waals surface area contributed by atoms with Gasteiger partial charge in [-0.05, 0) is 62.3 Å². The number of hydrogen-bond acceptors (Lipinski definition) is 2. The quantitative estimate of drug-likeness (QED) is 0.884. The van der Waals surface area contributed by atoms with Crippen LogP contribution >= 0.6 is 15.9 Å². The van der Waals surface area contributed by atoms with Crippen molar-refractivity contribution in [2.45, 2.75) is 32.2 Å². The van der Waals surface area contributed by atoms with Crippen molar-refractivity contribution in [1.29, 1.82) is 0 Å². The molecule has 3 unspecified atom stereocenters. The lowest BCUT2D eigenvalue weighted by Gasteiger charge is -2.22. The summed E-state index contributed by atoms with van der Waals surface area (Å²) in [6, 6.07) is 6.30. The van der Waals surface area contributed by atoms with Gasteiger partial charge in [-0.3, -0.25) is 0 Å². The molecule has 0 amide bonds. The summed E-state index contributed by atoms with van der Waals surface area (Å²) in [5, 5.41) is 3.21. The molecule has 0 saturated heterocycles. The summed E-state index contributed by atoms with van der Waals surface area (Å²) in [5.41, 5.74) is 1.24. The predicted octanol–water partition coefficient (Wildman–Crippen LogP) is 3.98. The van der Waals surface area contributed by atoms with Crippen LogP contribution in [0.25, 0.3) is 0 Å². The van der Waals surface area contributed by atoms with Crippen LogP contribution < -0.4 is 10.1 Å². The first kappa shape index (κ1) is 13.4. The van der Waals surface area contributed by atoms with Crippen molar-refractivity contribution in [3.63, 3.8) is 0 Å². The highest BCUT2D eigenvalue weighted by Gasteiger charge is 2.39. The molecule has 104 valence electrons. The summed E-state index contributed by atoms with van der Waals surface area (Å²) in [5.74, 6) is 3.78. The van der Waals surface area contributed by atoms with Crippen LogP contribution in [-0.2, 0) is 6.54 Å². The van der Waals surface area contributed by atoms with Gasteiger partial charge in [0.15, 0.2) is 0 Å². The summed E-state index contributed by atoms with van der Waals surface area (Å²) in [7, 11) is 1.97. The predicted molar refractivity (Wildman–Crippen MR) is 81.3 cm³/mol. The fourth-order valence-electron chi connectivity index (χ4n) is 3.79. The van der Waals surface area contributed by atoms with Gasteiger partial charge < -0.3 is 10.1 Å². The zero-order valence-electron chi connectivity index (χ0n) is 11.5. The maximum atomic E-state index is 6.12. The molecule has 2 aliphatic carbocycles. The summed E-state index contributed by atoms with van der Waals surface area (Å²) >= 11 is 3.53. The minimum absolute atomic E-state index is 0.796. The highest BCUT2D eigenvalue weighted by Crippen LogP contribution is 2.48. The summed E-state index contributed by atoms with van der Waals surface area (Å²) in [4.78, 5) is 0. The van der Waals surface area contributed by atoms with Gasteiger partial charge >= 0.3 is 0 Å². The van der Waals surface area contributed by atoms with Gasteiger partial charge in [-0.2, -0.15) is 0 Å². The lowest BCUT2D eigenvalue weighted by Crippen LogP contribution is -2.19. The molecule has 0 heterocycles. The largest absolute Gasteiger partial charge is 0.493 e. The first-order valence-electron chi connectivity index (χ1n) is 7.32. The van der Waals surface area contributed by atoms with E-state index in [2.05, 4.69) is 39.4 Å². The van der Waals surface area contributed by atoms with E-state index in [1.165, 1.54) is 31.2 Å². The Morgan fingerprint density at radius 1 is 1.32 bits per heavy atom. The Morgan fingerprint density at radius 2 is 2.21 bits per heavy atom. The van der Waals surface area contributed by atoms with Gasteiger partial charge in [-0.25, -0.2) is 0 Å². The number of hydrogen-bond donors (Lipinski definition) is 1. The Kier molecular flexibility index (Phi) is 4.13. The van der Waals surface area contributed by atoms with Crippen molar-refractivity contribution < 1.29 is 4.74 Å². The van der Waals surface area contributed by atoms with E-state index in [-0.39, 0.29) is 0 Å². The van der Waals surface area contributed by atoms with Crippen molar-refractivity contribution in [1.82, 2.24) is 5.32 Å². The van der Waals surface area contributed by atoms with E-state index in [4.69, 9.17) is 4.74 Å². The smallest absolute Gasteiger partial charge is 0.123 e. The summed E-state index contributed by atoms with van der Waals surface area (Å²) in [6.45, 7) is 1.75. The molecule has 0 radical (unpaired) electrons. The molecule has 3 atom stereocenters. The standard InChI is InChI=1S/C16H22BrNO/c1-18-9-13-8-15(17)4-5-16(13)19-10-14-7-11-2-3-12(14)6-11/h4-5,8,11-12,14,18H,2-3,6-7,9-10H2,1H3. The molecule has 3 rings (SSSR count). The summed E-state index contributed by atoms with van der Waals surface area (Å²) < 4.78 is 7.24. The second-order valence-corrected chi connectivity index (χ2v) is 6.94. The van der Waals surface area contributed by atoms with Gasteiger partial charge in [0.1, 0.15) is 5.75 Å². The molecule has 1 aromatic carbocycles. The summed E-state index contributed by atoms with van der Waals surface area (Å²) in [6.07, 6.45) is 5.74. The molecule has 2 bridgehead atoms. The number of ether oxygens (including phenoxy) is 1. The van der Waals surface area contributed by atoms with Gasteiger partial charge in [-0.1, -0.05) is 22.4 Å². The van der Waals surface area contributed by atoms with E-state index < -0.39 is 0 Å². The van der Waals surface area contributed by atoms with E-state index in [0.29, 0.717) is 0 Å². The highest BCUT2D eigenvalue weighted by molar-refractivity contribution is 9.10. The van der Waals surface area contributed by atoms with E-state index >= 15 is 0 Å². The molecular formula is C16H22BrNO. The number of fused-ring (bicyclic) bond motifs is 2. The van der Waals surface area contributed by atoms with Crippen molar-refractivity contribution in [2.75, 3.05) is 13.7 Å². The van der Waals surface area contributed by atoms with E-state index in [1.54, 1.807) is 0 Å². The molecule has 1 N–H and O–H groups in total. The monoisotopic (exact) mass is 323 g/mol. The van der Waals surface area contributed by atoms with Gasteiger partial charge in [-0.15, -0.1) is 0 Å². The van der Waals surface area contributed by atoms with Crippen LogP contribution in [0.4, 0.5) is 0 Å². The molecule has 2 fully saturated rings. The molecular weight excluding hydrogens is 302 g/mol. The Hall–Kier alpha value is -0.540. The lowest BCUT2D eigenvalue weighted by atomic mass is 9.89. The zero-order chi connectivity index (χ0) is 13.2. The van der Waals surface area contributed by atoms with Crippen LogP contribution in [-0.4, -0.2) is 13.7 Å². The van der Waals surface area contributed by atoms with E-state index in [1.807, 2.05) is 7.05 Å². The Bertz CT molecular complexity index is 448. The third-order valence-corrected chi connectivity index (χ3v) is 5.22. The van der Waals surface area contributed by atoms with Crippen LogP contribution in [0.3, 0.4) is 0 Å². The van der Waals surface area contributed by atoms with Crippen LogP contribution in [0.2, 0.25) is 0 Å². The number of rotatable bonds is 5. The minimum Gasteiger partial charge on any atom is -0.493 e. The lowest BCUT2D eigenvalue weighted by molar-refractivity contribution is 0.194. The normalized spacial score (nSPS) is 28.8. The maximum absolute atomic E-state index is 6.12. The minimum atomic E-state index is 0.796. The van der Waals surface area contributed by atoms with Gasteiger partial charge in [0.2, 0.25) is 0 Å². The molecule has 0 aromatic heterocycles. The van der Waals surface area contributed by atoms with Gasteiger partial charge in [0, 0.05) is 16.6 Å². The molecule has 1 aromatic rings. The molecule has 3 heteroatoms. The third-order valence-electron chi connectivity index (χ3n) is 4.73. The second kappa shape index (κ2) is 5.84. The highest BCUT2D eigenvalue weighted by atomic mass is 79.9. The van der Waals surface area contributed by atoms with E-state index in [9.17, 15) is 0 Å². The maximum Gasteiger partial charge on any atom is 0.123 e. The van der Waals surface area contributed by atoms with Crippen LogP contribution in [0.15, 0.2) is 22.7 Å². The van der Waals surface area contributed by atoms with Crippen molar-refractivity contribution >= 4 is 15.9 Å². The Morgan fingerprint density at radius 3 is 2.89 bits per heavy atom. The van der Waals surface area contributed by atoms with Crippen molar-refractivity contribution in [3.05, 3.63) is 28.2 Å². The third kappa shape index (κ3) is 2.97. The molecule has 2 aliphatic rings. The topological polar surface area (TPSA) is 21.3 Å². The van der Waals surface area contributed by atoms with Crippen molar-refractivity contribution in [3.8, 4) is 5.75 Å². The SMILES string of the molecule is CNCc1cc(Br)ccc1OCC1CC2CCC1C2. The average molecular weight is 324 g/mol. The van der Waals surface area contributed by atoms with Crippen molar-refractivity contribution in [2.24, 2.45) is 17.8 Å².